The Labute approximate surface area is 68.8 Å². The minimum Gasteiger partial charge on any atom is -0.394 e. The second-order valence-corrected chi connectivity index (χ2v) is 2.15. The number of hydrogen-bond donors (Lipinski definition) is 1. The minimum absolute atomic E-state index is 1.20. The van der Waals surface area contributed by atoms with Crippen LogP contribution in [0.4, 0.5) is 0 Å². The van der Waals surface area contributed by atoms with Gasteiger partial charge in [-0.3, -0.25) is 0 Å². The van der Waals surface area contributed by atoms with E-state index in [-0.39, 0.29) is 0 Å². The molecule has 0 heterocycles. The lowest BCUT2D eigenvalue weighted by molar-refractivity contribution is 1.10. The molecule has 0 amide bonds. The first-order valence-corrected chi connectivity index (χ1v) is 3.61. The molecule has 0 bridgehead atoms. The van der Waals surface area contributed by atoms with Crippen molar-refractivity contribution in [3.8, 4) is 0 Å². The van der Waals surface area contributed by atoms with E-state index in [0.29, 0.717) is 0 Å². The lowest BCUT2D eigenvalue weighted by atomic mass is 10.2. The summed E-state index contributed by atoms with van der Waals surface area (Å²) in [6.07, 6.45) is 11.6. The van der Waals surface area contributed by atoms with Crippen LogP contribution in [0.1, 0.15) is 6.92 Å². The summed E-state index contributed by atoms with van der Waals surface area (Å²) in [5.74, 6) is 0. The Bertz CT molecular complexity index is 185. The van der Waals surface area contributed by atoms with Crippen LogP contribution < -0.4 is 5.32 Å². The van der Waals surface area contributed by atoms with Crippen molar-refractivity contribution in [2.45, 2.75) is 6.92 Å². The van der Waals surface area contributed by atoms with Crippen molar-refractivity contribution in [3.05, 3.63) is 48.7 Å². The Hall–Kier alpha value is -1.24. The molecule has 0 saturated carbocycles. The summed E-state index contributed by atoms with van der Waals surface area (Å²) in [5, 5.41) is 2.91. The summed E-state index contributed by atoms with van der Waals surface area (Å²) in [6, 6.07) is 0. The molecule has 0 fully saturated rings. The van der Waals surface area contributed by atoms with E-state index in [9.17, 15) is 0 Å². The highest BCUT2D eigenvalue weighted by molar-refractivity contribution is 5.23. The fourth-order valence-corrected chi connectivity index (χ4v) is 0.571. The molecule has 0 aromatic carbocycles. The Kier molecular flexibility index (Phi) is 6.10. The second kappa shape index (κ2) is 6.87. The van der Waals surface area contributed by atoms with Gasteiger partial charge < -0.3 is 5.32 Å². The van der Waals surface area contributed by atoms with Crippen molar-refractivity contribution in [1.29, 1.82) is 0 Å². The van der Waals surface area contributed by atoms with Crippen LogP contribution in [-0.4, -0.2) is 7.05 Å². The van der Waals surface area contributed by atoms with Gasteiger partial charge in [0.2, 0.25) is 0 Å². The number of rotatable bonds is 4. The van der Waals surface area contributed by atoms with Crippen LogP contribution in [-0.2, 0) is 0 Å². The van der Waals surface area contributed by atoms with Crippen LogP contribution >= 0.6 is 0 Å². The molecule has 0 rings (SSSR count). The third-order valence-corrected chi connectivity index (χ3v) is 1.12. The van der Waals surface area contributed by atoms with Crippen molar-refractivity contribution in [1.82, 2.24) is 5.32 Å². The first kappa shape index (κ1) is 9.76. The third-order valence-electron chi connectivity index (χ3n) is 1.12. The van der Waals surface area contributed by atoms with Gasteiger partial charge in [0.1, 0.15) is 0 Å². The lowest BCUT2D eigenvalue weighted by Crippen LogP contribution is -1.89. The van der Waals surface area contributed by atoms with E-state index in [0.717, 1.165) is 0 Å². The molecule has 0 aromatic rings. The summed E-state index contributed by atoms with van der Waals surface area (Å²) >= 11 is 0. The molecule has 0 radical (unpaired) electrons. The Balaban J connectivity index is 3.89. The van der Waals surface area contributed by atoms with Crippen molar-refractivity contribution in [2.75, 3.05) is 7.05 Å². The molecule has 1 N–H and O–H groups in total. The van der Waals surface area contributed by atoms with Gasteiger partial charge in [-0.2, -0.15) is 0 Å². The fraction of sp³-hybridized carbons (Fsp3) is 0.200. The zero-order valence-electron chi connectivity index (χ0n) is 7.17. The third kappa shape index (κ3) is 6.65. The highest BCUT2D eigenvalue weighted by Gasteiger charge is 1.74. The van der Waals surface area contributed by atoms with E-state index in [2.05, 4.69) is 11.9 Å². The maximum atomic E-state index is 3.58. The van der Waals surface area contributed by atoms with Gasteiger partial charge in [0, 0.05) is 7.05 Å². The van der Waals surface area contributed by atoms with Crippen molar-refractivity contribution >= 4 is 0 Å². The molecule has 1 nitrogen and oxygen atoms in total. The summed E-state index contributed by atoms with van der Waals surface area (Å²) in [7, 11) is 1.87. The molecular weight excluding hydrogens is 134 g/mol. The summed E-state index contributed by atoms with van der Waals surface area (Å²) in [6.45, 7) is 5.63. The van der Waals surface area contributed by atoms with Crippen molar-refractivity contribution in [3.63, 3.8) is 0 Å². The van der Waals surface area contributed by atoms with E-state index in [1.165, 1.54) is 5.57 Å². The van der Waals surface area contributed by atoms with Crippen molar-refractivity contribution < 1.29 is 0 Å². The van der Waals surface area contributed by atoms with E-state index in [1.54, 1.807) is 6.08 Å². The van der Waals surface area contributed by atoms with Crippen LogP contribution in [0.3, 0.4) is 0 Å². The van der Waals surface area contributed by atoms with Crippen LogP contribution in [0.15, 0.2) is 48.7 Å². The van der Waals surface area contributed by atoms with Crippen molar-refractivity contribution in [2.24, 2.45) is 0 Å². The normalized spacial score (nSPS) is 12.7. The molecule has 0 unspecified atom stereocenters. The molecule has 0 saturated heterocycles. The molecule has 0 spiro atoms. The summed E-state index contributed by atoms with van der Waals surface area (Å²) in [4.78, 5) is 0. The first-order valence-electron chi connectivity index (χ1n) is 3.61. The molecule has 11 heavy (non-hydrogen) atoms. The Morgan fingerprint density at radius 1 is 1.36 bits per heavy atom. The maximum absolute atomic E-state index is 3.58. The fourth-order valence-electron chi connectivity index (χ4n) is 0.571. The summed E-state index contributed by atoms with van der Waals surface area (Å²) in [5.41, 5.74) is 1.20. The molecule has 1 heteroatoms. The van der Waals surface area contributed by atoms with Gasteiger partial charge in [-0.15, -0.1) is 0 Å². The van der Waals surface area contributed by atoms with Gasteiger partial charge in [0.25, 0.3) is 0 Å². The van der Waals surface area contributed by atoms with Crippen LogP contribution in [0.5, 0.6) is 0 Å². The zero-order chi connectivity index (χ0) is 8.53. The van der Waals surface area contributed by atoms with Crippen LogP contribution in [0, 0.1) is 0 Å². The molecule has 0 aromatic heterocycles. The predicted molar refractivity (Wildman–Crippen MR) is 51.3 cm³/mol. The predicted octanol–water partition coefficient (Wildman–Crippen LogP) is 2.41. The van der Waals surface area contributed by atoms with Gasteiger partial charge in [-0.05, 0) is 19.2 Å². The highest BCUT2D eigenvalue weighted by atomic mass is 14.8. The van der Waals surface area contributed by atoms with Gasteiger partial charge in [0.15, 0.2) is 0 Å². The van der Waals surface area contributed by atoms with Crippen LogP contribution in [0.25, 0.3) is 0 Å². The Morgan fingerprint density at radius 2 is 2.09 bits per heavy atom. The largest absolute Gasteiger partial charge is 0.394 e. The van der Waals surface area contributed by atoms with E-state index < -0.39 is 0 Å². The lowest BCUT2D eigenvalue weighted by Gasteiger charge is -1.86. The molecule has 60 valence electrons. The molecule has 0 aliphatic carbocycles. The van der Waals surface area contributed by atoms with Gasteiger partial charge in [-0.25, -0.2) is 0 Å². The number of allylic oxidation sites excluding steroid dienone is 6. The second-order valence-electron chi connectivity index (χ2n) is 2.15. The van der Waals surface area contributed by atoms with Gasteiger partial charge in [0.05, 0.1) is 0 Å². The molecule has 0 aliphatic rings. The number of hydrogen-bond acceptors (Lipinski definition) is 1. The van der Waals surface area contributed by atoms with Gasteiger partial charge in [-0.1, -0.05) is 36.5 Å². The average Bonchev–Trinajstić information content (AvgIpc) is 2.01. The average molecular weight is 149 g/mol. The molecule has 0 aliphatic heterocycles. The smallest absolute Gasteiger partial charge is 0.00277 e. The van der Waals surface area contributed by atoms with Crippen LogP contribution in [0.2, 0.25) is 0 Å². The van der Waals surface area contributed by atoms with Gasteiger partial charge >= 0.3 is 0 Å². The van der Waals surface area contributed by atoms with E-state index >= 15 is 0 Å². The Morgan fingerprint density at radius 3 is 2.64 bits per heavy atom. The molecular formula is C10H15N. The van der Waals surface area contributed by atoms with E-state index in [4.69, 9.17) is 0 Å². The monoisotopic (exact) mass is 149 g/mol. The minimum atomic E-state index is 1.20. The molecule has 0 atom stereocenters. The zero-order valence-corrected chi connectivity index (χ0v) is 7.17. The first-order chi connectivity index (χ1) is 5.31. The summed E-state index contributed by atoms with van der Waals surface area (Å²) < 4.78 is 0. The van der Waals surface area contributed by atoms with E-state index in [1.807, 2.05) is 44.5 Å². The standard InChI is InChI=1S/C10H15N/c1-4-5-7-10(2)8-6-9-11-3/h4-9,11H,1H2,2-3H3/b7-5-,9-6-,10-8+. The topological polar surface area (TPSA) is 12.0 Å². The SMILES string of the molecule is C=C\C=C/C(C)=C/C=C\NC. The number of nitrogens with one attached hydrogen (secondary N) is 1. The maximum Gasteiger partial charge on any atom is 0.00277 e. The highest BCUT2D eigenvalue weighted by Crippen LogP contribution is 1.94. The quantitative estimate of drug-likeness (QED) is 0.605.